The minimum absolute atomic E-state index is 0.0584. The van der Waals surface area contributed by atoms with Crippen LogP contribution in [-0.4, -0.2) is 29.2 Å². The molecule has 0 saturated heterocycles. The van der Waals surface area contributed by atoms with Gasteiger partial charge in [0, 0.05) is 5.41 Å². The number of hydrazone groups is 1. The lowest BCUT2D eigenvalue weighted by Crippen LogP contribution is -2.35. The van der Waals surface area contributed by atoms with Gasteiger partial charge < -0.3 is 5.73 Å². The topological polar surface area (TPSA) is 58.7 Å². The van der Waals surface area contributed by atoms with Gasteiger partial charge in [0.15, 0.2) is 0 Å². The van der Waals surface area contributed by atoms with Crippen molar-refractivity contribution in [1.82, 2.24) is 5.01 Å². The first-order chi connectivity index (χ1) is 8.32. The van der Waals surface area contributed by atoms with E-state index >= 15 is 0 Å². The Labute approximate surface area is 111 Å². The molecule has 2 unspecified atom stereocenters. The first-order valence-electron chi connectivity index (χ1n) is 6.95. The summed E-state index contributed by atoms with van der Waals surface area (Å²) in [5.74, 6) is 0.0882. The summed E-state index contributed by atoms with van der Waals surface area (Å²) in [6.07, 6.45) is 2.62. The van der Waals surface area contributed by atoms with Gasteiger partial charge in [-0.05, 0) is 32.7 Å². The van der Waals surface area contributed by atoms with Crippen molar-refractivity contribution in [3.8, 4) is 0 Å². The molecule has 0 aliphatic carbocycles. The van der Waals surface area contributed by atoms with E-state index in [0.717, 1.165) is 25.0 Å². The second-order valence-electron chi connectivity index (χ2n) is 6.16. The van der Waals surface area contributed by atoms with Crippen LogP contribution in [0.4, 0.5) is 0 Å². The molecule has 0 saturated carbocycles. The van der Waals surface area contributed by atoms with Gasteiger partial charge in [-0.1, -0.05) is 27.7 Å². The largest absolute Gasteiger partial charge is 0.330 e. The molecule has 0 aromatic heterocycles. The zero-order chi connectivity index (χ0) is 13.9. The standard InChI is InChI=1S/C14H27N3O/c1-6-10(2)17-13(18)11(8-7-9-15)12(16-17)14(3,4)5/h10-11H,6-9,15H2,1-5H3. The Morgan fingerprint density at radius 3 is 2.50 bits per heavy atom. The average Bonchev–Trinajstić information content (AvgIpc) is 2.62. The maximum Gasteiger partial charge on any atom is 0.251 e. The van der Waals surface area contributed by atoms with Gasteiger partial charge in [0.1, 0.15) is 0 Å². The normalized spacial score (nSPS) is 22.3. The van der Waals surface area contributed by atoms with Crippen molar-refractivity contribution in [2.75, 3.05) is 6.54 Å². The van der Waals surface area contributed by atoms with E-state index in [9.17, 15) is 4.79 Å². The van der Waals surface area contributed by atoms with E-state index in [1.807, 2.05) is 6.92 Å². The Balaban J connectivity index is 2.96. The van der Waals surface area contributed by atoms with Crippen molar-refractivity contribution in [2.45, 2.75) is 59.9 Å². The van der Waals surface area contributed by atoms with Crippen molar-refractivity contribution in [3.05, 3.63) is 0 Å². The van der Waals surface area contributed by atoms with Crippen LogP contribution in [0.25, 0.3) is 0 Å². The Morgan fingerprint density at radius 2 is 2.06 bits per heavy atom. The Hall–Kier alpha value is -0.900. The van der Waals surface area contributed by atoms with Gasteiger partial charge >= 0.3 is 0 Å². The molecule has 0 bridgehead atoms. The van der Waals surface area contributed by atoms with E-state index < -0.39 is 0 Å². The highest BCUT2D eigenvalue weighted by Crippen LogP contribution is 2.32. The number of hydrogen-bond acceptors (Lipinski definition) is 3. The molecule has 1 aliphatic heterocycles. The van der Waals surface area contributed by atoms with Crippen LogP contribution in [0, 0.1) is 11.3 Å². The first kappa shape index (κ1) is 15.2. The summed E-state index contributed by atoms with van der Waals surface area (Å²) in [4.78, 5) is 12.4. The fourth-order valence-electron chi connectivity index (χ4n) is 2.26. The van der Waals surface area contributed by atoms with Crippen molar-refractivity contribution >= 4 is 11.6 Å². The van der Waals surface area contributed by atoms with Gasteiger partial charge in [-0.25, -0.2) is 5.01 Å². The van der Waals surface area contributed by atoms with Crippen molar-refractivity contribution in [3.63, 3.8) is 0 Å². The summed E-state index contributed by atoms with van der Waals surface area (Å²) < 4.78 is 0. The predicted octanol–water partition coefficient (Wildman–Crippen LogP) is 2.38. The molecule has 0 spiro atoms. The minimum Gasteiger partial charge on any atom is -0.330 e. The maximum absolute atomic E-state index is 12.4. The number of hydrogen-bond donors (Lipinski definition) is 1. The highest BCUT2D eigenvalue weighted by atomic mass is 16.2. The molecule has 0 fully saturated rings. The molecule has 2 N–H and O–H groups in total. The maximum atomic E-state index is 12.4. The van der Waals surface area contributed by atoms with E-state index in [1.54, 1.807) is 5.01 Å². The summed E-state index contributed by atoms with van der Waals surface area (Å²) in [5.41, 5.74) is 6.52. The van der Waals surface area contributed by atoms with E-state index in [2.05, 4.69) is 32.8 Å². The summed E-state index contributed by atoms with van der Waals surface area (Å²) in [6.45, 7) is 11.1. The van der Waals surface area contributed by atoms with Crippen LogP contribution < -0.4 is 5.73 Å². The molecule has 1 aliphatic rings. The lowest BCUT2D eigenvalue weighted by molar-refractivity contribution is -0.133. The summed E-state index contributed by atoms with van der Waals surface area (Å²) in [6, 6.07) is 0.178. The molecule has 4 heteroatoms. The zero-order valence-electron chi connectivity index (χ0n) is 12.4. The SMILES string of the molecule is CCC(C)N1N=C(C(C)(C)C)C(CCCN)C1=O. The number of nitrogens with zero attached hydrogens (tertiary/aromatic N) is 2. The number of nitrogens with two attached hydrogens (primary N) is 1. The molecular weight excluding hydrogens is 226 g/mol. The molecule has 4 nitrogen and oxygen atoms in total. The zero-order valence-corrected chi connectivity index (χ0v) is 12.4. The summed E-state index contributed by atoms with van der Waals surface area (Å²) in [5, 5.41) is 6.29. The van der Waals surface area contributed by atoms with E-state index in [4.69, 9.17) is 5.73 Å². The highest BCUT2D eigenvalue weighted by molar-refractivity contribution is 6.10. The van der Waals surface area contributed by atoms with Gasteiger partial charge in [0.2, 0.25) is 0 Å². The second-order valence-corrected chi connectivity index (χ2v) is 6.16. The second kappa shape index (κ2) is 5.83. The first-order valence-corrected chi connectivity index (χ1v) is 6.95. The summed E-state index contributed by atoms with van der Waals surface area (Å²) >= 11 is 0. The third kappa shape index (κ3) is 3.10. The minimum atomic E-state index is -0.0671. The van der Waals surface area contributed by atoms with Crippen LogP contribution in [0.1, 0.15) is 53.9 Å². The quantitative estimate of drug-likeness (QED) is 0.818. The summed E-state index contributed by atoms with van der Waals surface area (Å²) in [7, 11) is 0. The van der Waals surface area contributed by atoms with Gasteiger partial charge in [0.25, 0.3) is 5.91 Å². The van der Waals surface area contributed by atoms with Crippen molar-refractivity contribution in [2.24, 2.45) is 22.2 Å². The van der Waals surface area contributed by atoms with E-state index in [-0.39, 0.29) is 23.3 Å². The Morgan fingerprint density at radius 1 is 1.44 bits per heavy atom. The number of amides is 1. The number of carbonyl (C=O) groups excluding carboxylic acids is 1. The Bertz CT molecular complexity index is 330. The smallest absolute Gasteiger partial charge is 0.251 e. The number of carbonyl (C=O) groups is 1. The third-order valence-electron chi connectivity index (χ3n) is 3.54. The Kier molecular flexibility index (Phi) is 4.91. The predicted molar refractivity (Wildman–Crippen MR) is 75.3 cm³/mol. The number of rotatable bonds is 5. The lowest BCUT2D eigenvalue weighted by Gasteiger charge is -2.22. The lowest BCUT2D eigenvalue weighted by atomic mass is 9.80. The van der Waals surface area contributed by atoms with Gasteiger partial charge in [-0.2, -0.15) is 5.10 Å². The van der Waals surface area contributed by atoms with Crippen LogP contribution in [0.3, 0.4) is 0 Å². The fraction of sp³-hybridized carbons (Fsp3) is 0.857. The molecule has 0 aromatic rings. The van der Waals surface area contributed by atoms with Crippen molar-refractivity contribution in [1.29, 1.82) is 0 Å². The molecule has 18 heavy (non-hydrogen) atoms. The van der Waals surface area contributed by atoms with Gasteiger partial charge in [0.05, 0.1) is 17.7 Å². The molecule has 2 atom stereocenters. The van der Waals surface area contributed by atoms with E-state index in [0.29, 0.717) is 6.54 Å². The highest BCUT2D eigenvalue weighted by Gasteiger charge is 2.41. The van der Waals surface area contributed by atoms with Gasteiger partial charge in [-0.15, -0.1) is 0 Å². The average molecular weight is 253 g/mol. The molecule has 0 radical (unpaired) electrons. The molecule has 1 heterocycles. The van der Waals surface area contributed by atoms with Crippen LogP contribution in [0.15, 0.2) is 5.10 Å². The van der Waals surface area contributed by atoms with E-state index in [1.165, 1.54) is 0 Å². The van der Waals surface area contributed by atoms with Crippen molar-refractivity contribution < 1.29 is 4.79 Å². The van der Waals surface area contributed by atoms with Crippen LogP contribution in [-0.2, 0) is 4.79 Å². The molecule has 104 valence electrons. The third-order valence-corrected chi connectivity index (χ3v) is 3.54. The van der Waals surface area contributed by atoms with Crippen LogP contribution in [0.5, 0.6) is 0 Å². The molecule has 1 rings (SSSR count). The van der Waals surface area contributed by atoms with Crippen LogP contribution >= 0.6 is 0 Å². The monoisotopic (exact) mass is 253 g/mol. The molecular formula is C14H27N3O. The molecule has 1 amide bonds. The molecule has 0 aromatic carbocycles. The fourth-order valence-corrected chi connectivity index (χ4v) is 2.26. The van der Waals surface area contributed by atoms with Crippen LogP contribution in [0.2, 0.25) is 0 Å². The van der Waals surface area contributed by atoms with Gasteiger partial charge in [-0.3, -0.25) is 4.79 Å².